The number of alkyl carbamates (subject to hydrolysis) is 1. The number of carbonyl (C=O) groups is 3. The number of rotatable bonds is 9. The number of amides is 2. The SMILES string of the molecule is CC(C)(C)OC(=O)NC(Cc1ccc(C(F)(F)F)cc1)C(=O)N1CC(CCCB2OC(C)(C)C(C)(C)O2)C(C(=O)O)C1. The van der Waals surface area contributed by atoms with E-state index in [1.54, 1.807) is 20.8 Å². The zero-order valence-corrected chi connectivity index (χ0v) is 25.3. The number of halogens is 3. The number of carboxylic acid groups (broad SMARTS) is 1. The molecule has 2 N–H and O–H groups in total. The summed E-state index contributed by atoms with van der Waals surface area (Å²) < 4.78 is 56.5. The van der Waals surface area contributed by atoms with Crippen LogP contribution in [-0.2, 0) is 36.2 Å². The largest absolute Gasteiger partial charge is 0.481 e. The van der Waals surface area contributed by atoms with E-state index in [-0.39, 0.29) is 25.4 Å². The first-order chi connectivity index (χ1) is 19.2. The van der Waals surface area contributed by atoms with Crippen molar-refractivity contribution in [2.45, 2.75) is 103 Å². The van der Waals surface area contributed by atoms with Crippen LogP contribution >= 0.6 is 0 Å². The highest BCUT2D eigenvalue weighted by atomic mass is 19.4. The van der Waals surface area contributed by atoms with Gasteiger partial charge in [0, 0.05) is 19.5 Å². The van der Waals surface area contributed by atoms with Crippen molar-refractivity contribution in [3.8, 4) is 0 Å². The number of hydrogen-bond acceptors (Lipinski definition) is 6. The molecule has 2 heterocycles. The summed E-state index contributed by atoms with van der Waals surface area (Å²) in [6, 6.07) is 3.16. The Morgan fingerprint density at radius 3 is 2.14 bits per heavy atom. The third kappa shape index (κ3) is 8.62. The molecule has 9 nitrogen and oxygen atoms in total. The van der Waals surface area contributed by atoms with E-state index in [0.717, 1.165) is 12.1 Å². The van der Waals surface area contributed by atoms with E-state index >= 15 is 0 Å². The Morgan fingerprint density at radius 2 is 1.64 bits per heavy atom. The molecule has 13 heteroatoms. The molecule has 42 heavy (non-hydrogen) atoms. The molecule has 2 aliphatic heterocycles. The zero-order valence-electron chi connectivity index (χ0n) is 25.3. The van der Waals surface area contributed by atoms with E-state index in [1.165, 1.54) is 17.0 Å². The number of nitrogens with one attached hydrogen (secondary N) is 1. The molecular formula is C29H42BF3N2O7. The van der Waals surface area contributed by atoms with Gasteiger partial charge in [0.15, 0.2) is 0 Å². The van der Waals surface area contributed by atoms with Gasteiger partial charge in [-0.1, -0.05) is 18.6 Å². The predicted octanol–water partition coefficient (Wildman–Crippen LogP) is 5.17. The van der Waals surface area contributed by atoms with Crippen molar-refractivity contribution in [2.24, 2.45) is 11.8 Å². The number of likely N-dealkylation sites (tertiary alicyclic amines) is 1. The number of nitrogens with zero attached hydrogens (tertiary/aromatic N) is 1. The van der Waals surface area contributed by atoms with E-state index in [1.807, 2.05) is 27.7 Å². The molecule has 2 fully saturated rings. The van der Waals surface area contributed by atoms with Crippen molar-refractivity contribution < 1.29 is 46.7 Å². The van der Waals surface area contributed by atoms with Crippen molar-refractivity contribution >= 4 is 25.1 Å². The second-order valence-corrected chi connectivity index (χ2v) is 13.2. The van der Waals surface area contributed by atoms with Crippen LogP contribution in [0.3, 0.4) is 0 Å². The highest BCUT2D eigenvalue weighted by Crippen LogP contribution is 2.39. The van der Waals surface area contributed by atoms with Gasteiger partial charge in [0.25, 0.3) is 0 Å². The number of alkyl halides is 3. The van der Waals surface area contributed by atoms with Gasteiger partial charge in [-0.25, -0.2) is 4.79 Å². The maximum atomic E-state index is 13.7. The average molecular weight is 598 g/mol. The lowest BCUT2D eigenvalue weighted by atomic mass is 9.79. The topological polar surface area (TPSA) is 114 Å². The molecule has 2 aliphatic rings. The normalized spacial score (nSPS) is 22.6. The summed E-state index contributed by atoms with van der Waals surface area (Å²) in [5.41, 5.74) is -2.23. The molecule has 0 spiro atoms. The number of carboxylic acids is 1. The standard InChI is InChI=1S/C29H42BF3N2O7/c1-26(2,3)40-25(39)34-22(15-18-10-12-20(13-11-18)29(31,32)33)23(36)35-16-19(21(17-35)24(37)38)9-8-14-30-41-27(4,5)28(6,7)42-30/h10-13,19,21-22H,8-9,14-17H2,1-7H3,(H,34,39)(H,37,38). The first kappa shape index (κ1) is 33.7. The molecule has 0 aromatic heterocycles. The molecule has 2 saturated heterocycles. The van der Waals surface area contributed by atoms with Crippen LogP contribution in [0.2, 0.25) is 6.32 Å². The lowest BCUT2D eigenvalue weighted by Crippen LogP contribution is -2.50. The van der Waals surface area contributed by atoms with Crippen molar-refractivity contribution in [3.05, 3.63) is 35.4 Å². The summed E-state index contributed by atoms with van der Waals surface area (Å²) in [7, 11) is -0.413. The maximum absolute atomic E-state index is 13.7. The van der Waals surface area contributed by atoms with E-state index in [4.69, 9.17) is 14.0 Å². The van der Waals surface area contributed by atoms with Gasteiger partial charge in [0.2, 0.25) is 5.91 Å². The van der Waals surface area contributed by atoms with Crippen LogP contribution in [0.1, 0.15) is 72.4 Å². The summed E-state index contributed by atoms with van der Waals surface area (Å²) >= 11 is 0. The smallest absolute Gasteiger partial charge is 0.457 e. The monoisotopic (exact) mass is 598 g/mol. The lowest BCUT2D eigenvalue weighted by Gasteiger charge is -2.32. The lowest BCUT2D eigenvalue weighted by molar-refractivity contribution is -0.143. The molecule has 0 radical (unpaired) electrons. The van der Waals surface area contributed by atoms with Gasteiger partial charge in [-0.15, -0.1) is 0 Å². The van der Waals surface area contributed by atoms with Crippen LogP contribution in [0.25, 0.3) is 0 Å². The van der Waals surface area contributed by atoms with E-state index in [0.29, 0.717) is 24.7 Å². The summed E-state index contributed by atoms with van der Waals surface area (Å²) in [5, 5.41) is 12.4. The van der Waals surface area contributed by atoms with Gasteiger partial charge in [-0.3, -0.25) is 9.59 Å². The van der Waals surface area contributed by atoms with Crippen molar-refractivity contribution in [1.29, 1.82) is 0 Å². The Kier molecular flexibility index (Phi) is 9.98. The summed E-state index contributed by atoms with van der Waals surface area (Å²) in [6.45, 7) is 12.9. The first-order valence-electron chi connectivity index (χ1n) is 14.2. The molecule has 1 aromatic rings. The molecule has 2 amide bonds. The van der Waals surface area contributed by atoms with Crippen LogP contribution in [-0.4, -0.2) is 71.0 Å². The third-order valence-corrected chi connectivity index (χ3v) is 8.10. The summed E-state index contributed by atoms with van der Waals surface area (Å²) in [5.74, 6) is -2.69. The predicted molar refractivity (Wildman–Crippen MR) is 150 cm³/mol. The molecule has 1 aromatic carbocycles. The average Bonchev–Trinajstić information content (AvgIpc) is 3.34. The van der Waals surface area contributed by atoms with Gasteiger partial charge in [-0.2, -0.15) is 13.2 Å². The quantitative estimate of drug-likeness (QED) is 0.377. The van der Waals surface area contributed by atoms with E-state index < -0.39 is 65.6 Å². The Morgan fingerprint density at radius 1 is 1.07 bits per heavy atom. The van der Waals surface area contributed by atoms with Gasteiger partial charge in [0.1, 0.15) is 11.6 Å². The molecule has 3 rings (SSSR count). The number of aliphatic carboxylic acids is 1. The van der Waals surface area contributed by atoms with Crippen LogP contribution in [0, 0.1) is 11.8 Å². The maximum Gasteiger partial charge on any atom is 0.457 e. The molecule has 0 saturated carbocycles. The minimum absolute atomic E-state index is 0.0468. The fourth-order valence-electron chi connectivity index (χ4n) is 5.19. The molecular weight excluding hydrogens is 556 g/mol. The summed E-state index contributed by atoms with van der Waals surface area (Å²) in [6.07, 6.45) is -3.76. The van der Waals surface area contributed by atoms with Crippen molar-refractivity contribution in [3.63, 3.8) is 0 Å². The second-order valence-electron chi connectivity index (χ2n) is 13.2. The minimum Gasteiger partial charge on any atom is -0.481 e. The third-order valence-electron chi connectivity index (χ3n) is 8.10. The van der Waals surface area contributed by atoms with Gasteiger partial charge < -0.3 is 29.4 Å². The van der Waals surface area contributed by atoms with Crippen LogP contribution in [0.5, 0.6) is 0 Å². The summed E-state index contributed by atoms with van der Waals surface area (Å²) in [4.78, 5) is 39.8. The van der Waals surface area contributed by atoms with Crippen LogP contribution < -0.4 is 5.32 Å². The minimum atomic E-state index is -4.51. The van der Waals surface area contributed by atoms with Gasteiger partial charge in [0.05, 0.1) is 22.7 Å². The van der Waals surface area contributed by atoms with Gasteiger partial charge in [-0.05, 0) is 84.8 Å². The highest BCUT2D eigenvalue weighted by molar-refractivity contribution is 6.45. The number of carbonyl (C=O) groups excluding carboxylic acids is 2. The number of ether oxygens (including phenoxy) is 1. The Balaban J connectivity index is 1.70. The van der Waals surface area contributed by atoms with E-state index in [9.17, 15) is 32.7 Å². The Hall–Kier alpha value is -2.80. The molecule has 3 atom stereocenters. The number of benzene rings is 1. The Labute approximate surface area is 245 Å². The zero-order chi connectivity index (χ0) is 31.7. The van der Waals surface area contributed by atoms with Crippen LogP contribution in [0.15, 0.2) is 24.3 Å². The fourth-order valence-corrected chi connectivity index (χ4v) is 5.19. The first-order valence-corrected chi connectivity index (χ1v) is 14.2. The van der Waals surface area contributed by atoms with Crippen molar-refractivity contribution in [2.75, 3.05) is 13.1 Å². The van der Waals surface area contributed by atoms with Crippen molar-refractivity contribution in [1.82, 2.24) is 10.2 Å². The van der Waals surface area contributed by atoms with Gasteiger partial charge >= 0.3 is 25.4 Å². The molecule has 234 valence electrons. The highest BCUT2D eigenvalue weighted by Gasteiger charge is 2.51. The second kappa shape index (κ2) is 12.4. The van der Waals surface area contributed by atoms with E-state index in [2.05, 4.69) is 5.32 Å². The molecule has 0 bridgehead atoms. The Bertz CT molecular complexity index is 1120. The number of hydrogen-bond donors (Lipinski definition) is 2. The molecule has 3 unspecified atom stereocenters. The fraction of sp³-hybridized carbons (Fsp3) is 0.690. The van der Waals surface area contributed by atoms with Crippen LogP contribution in [0.4, 0.5) is 18.0 Å². The molecule has 0 aliphatic carbocycles.